The van der Waals surface area contributed by atoms with Crippen molar-refractivity contribution in [2.45, 2.75) is 26.3 Å². The molecule has 6 nitrogen and oxygen atoms in total. The molecule has 1 aromatic carbocycles. The Morgan fingerprint density at radius 3 is 2.57 bits per heavy atom. The number of hydrogen-bond acceptors (Lipinski definition) is 3. The van der Waals surface area contributed by atoms with Gasteiger partial charge in [-0.25, -0.2) is 4.79 Å². The third kappa shape index (κ3) is 2.75. The van der Waals surface area contributed by atoms with Gasteiger partial charge in [-0.1, -0.05) is 44.2 Å². The van der Waals surface area contributed by atoms with E-state index in [2.05, 4.69) is 5.10 Å². The molecule has 0 spiro atoms. The van der Waals surface area contributed by atoms with Crippen molar-refractivity contribution in [3.8, 4) is 0 Å². The number of carboxylic acids is 1. The van der Waals surface area contributed by atoms with Crippen LogP contribution in [-0.4, -0.2) is 25.3 Å². The molecule has 23 heavy (non-hydrogen) atoms. The Labute approximate surface area is 132 Å². The second-order valence-corrected chi connectivity index (χ2v) is 5.76. The van der Waals surface area contributed by atoms with Gasteiger partial charge in [0.1, 0.15) is 11.2 Å². The van der Waals surface area contributed by atoms with Crippen LogP contribution in [0.1, 0.15) is 41.4 Å². The summed E-state index contributed by atoms with van der Waals surface area (Å²) in [5.74, 6) is -1.10. The Kier molecular flexibility index (Phi) is 3.73. The molecule has 0 radical (unpaired) electrons. The molecule has 118 valence electrons. The quantitative estimate of drug-likeness (QED) is 0.802. The zero-order chi connectivity index (χ0) is 16.6. The first kappa shape index (κ1) is 15.0. The highest BCUT2D eigenvalue weighted by Crippen LogP contribution is 2.16. The van der Waals surface area contributed by atoms with E-state index in [0.29, 0.717) is 12.2 Å². The monoisotopic (exact) mass is 311 g/mol. The molecule has 1 N–H and O–H groups in total. The fourth-order valence-corrected chi connectivity index (χ4v) is 2.47. The highest BCUT2D eigenvalue weighted by atomic mass is 16.4. The average Bonchev–Trinajstić information content (AvgIpc) is 2.97. The summed E-state index contributed by atoms with van der Waals surface area (Å²) in [6.07, 6.45) is 1.39. The smallest absolute Gasteiger partial charge is 0.342 e. The number of hydrogen-bond donors (Lipinski definition) is 1. The summed E-state index contributed by atoms with van der Waals surface area (Å²) in [5, 5.41) is 13.6. The minimum absolute atomic E-state index is 0.146. The topological polar surface area (TPSA) is 76.6 Å². The van der Waals surface area contributed by atoms with E-state index in [1.807, 2.05) is 50.2 Å². The molecule has 2 heterocycles. The first-order valence-electron chi connectivity index (χ1n) is 7.37. The van der Waals surface area contributed by atoms with Crippen molar-refractivity contribution in [1.82, 2.24) is 14.2 Å². The lowest BCUT2D eigenvalue weighted by Crippen LogP contribution is -2.26. The zero-order valence-electron chi connectivity index (χ0n) is 12.9. The molecule has 0 unspecified atom stereocenters. The van der Waals surface area contributed by atoms with Gasteiger partial charge in [0.05, 0.1) is 5.69 Å². The van der Waals surface area contributed by atoms with Crippen molar-refractivity contribution >= 4 is 11.6 Å². The number of carbonyl (C=O) groups is 1. The van der Waals surface area contributed by atoms with Gasteiger partial charge in [-0.05, 0) is 11.5 Å². The van der Waals surface area contributed by atoms with Gasteiger partial charge in [0.15, 0.2) is 0 Å². The lowest BCUT2D eigenvalue weighted by Gasteiger charge is -2.10. The minimum atomic E-state index is -1.25. The van der Waals surface area contributed by atoms with Gasteiger partial charge < -0.3 is 9.67 Å². The van der Waals surface area contributed by atoms with Crippen molar-refractivity contribution in [1.29, 1.82) is 0 Å². The molecule has 2 aromatic heterocycles. The molecule has 0 atom stereocenters. The van der Waals surface area contributed by atoms with Gasteiger partial charge in [-0.3, -0.25) is 4.79 Å². The van der Waals surface area contributed by atoms with E-state index in [1.54, 1.807) is 4.57 Å². The van der Waals surface area contributed by atoms with Crippen molar-refractivity contribution < 1.29 is 9.90 Å². The van der Waals surface area contributed by atoms with Gasteiger partial charge in [0.25, 0.3) is 5.56 Å². The Morgan fingerprint density at radius 2 is 1.96 bits per heavy atom. The fraction of sp³-hybridized carbons (Fsp3) is 0.235. The number of aromatic nitrogens is 3. The summed E-state index contributed by atoms with van der Waals surface area (Å²) in [6.45, 7) is 4.42. The Morgan fingerprint density at radius 1 is 1.26 bits per heavy atom. The van der Waals surface area contributed by atoms with Crippen LogP contribution in [0.25, 0.3) is 5.65 Å². The maximum Gasteiger partial charge on any atom is 0.342 e. The van der Waals surface area contributed by atoms with Crippen molar-refractivity contribution in [3.05, 3.63) is 69.8 Å². The standard InChI is InChI=1S/C17H17N3O3/c1-11(2)14-8-15-19(9-12-6-4-3-5-7-12)10-13(17(22)23)16(21)20(15)18-14/h3-8,10-11H,9H2,1-2H3,(H,22,23). The molecular formula is C17H17N3O3. The maximum atomic E-state index is 12.3. The maximum absolute atomic E-state index is 12.3. The van der Waals surface area contributed by atoms with Gasteiger partial charge >= 0.3 is 5.97 Å². The summed E-state index contributed by atoms with van der Waals surface area (Å²) in [5.41, 5.74) is 1.47. The van der Waals surface area contributed by atoms with Crippen LogP contribution in [-0.2, 0) is 6.54 Å². The fourth-order valence-electron chi connectivity index (χ4n) is 2.47. The van der Waals surface area contributed by atoms with Crippen LogP contribution in [0.3, 0.4) is 0 Å². The largest absolute Gasteiger partial charge is 0.477 e. The molecule has 0 fully saturated rings. The second kappa shape index (κ2) is 5.72. The number of nitrogens with zero attached hydrogens (tertiary/aromatic N) is 3. The van der Waals surface area contributed by atoms with Gasteiger partial charge in [0.2, 0.25) is 0 Å². The second-order valence-electron chi connectivity index (χ2n) is 5.76. The van der Waals surface area contributed by atoms with E-state index in [4.69, 9.17) is 0 Å². The predicted molar refractivity (Wildman–Crippen MR) is 86.0 cm³/mol. The molecule has 0 saturated carbocycles. The molecule has 3 rings (SSSR count). The Hall–Kier alpha value is -2.89. The van der Waals surface area contributed by atoms with Gasteiger partial charge in [-0.2, -0.15) is 9.61 Å². The van der Waals surface area contributed by atoms with E-state index in [1.165, 1.54) is 10.7 Å². The summed E-state index contributed by atoms with van der Waals surface area (Å²) in [7, 11) is 0. The number of carboxylic acid groups (broad SMARTS) is 1. The van der Waals surface area contributed by atoms with Crippen LogP contribution in [0.2, 0.25) is 0 Å². The summed E-state index contributed by atoms with van der Waals surface area (Å²) in [4.78, 5) is 23.7. The van der Waals surface area contributed by atoms with E-state index in [0.717, 1.165) is 11.3 Å². The summed E-state index contributed by atoms with van der Waals surface area (Å²) < 4.78 is 2.93. The normalized spacial score (nSPS) is 11.3. The molecule has 0 bridgehead atoms. The molecule has 0 saturated heterocycles. The predicted octanol–water partition coefficient (Wildman–Crippen LogP) is 2.37. The van der Waals surface area contributed by atoms with Crippen LogP contribution in [0.5, 0.6) is 0 Å². The number of fused-ring (bicyclic) bond motifs is 1. The third-order valence-electron chi connectivity index (χ3n) is 3.73. The first-order chi connectivity index (χ1) is 11.0. The Bertz CT molecular complexity index is 923. The van der Waals surface area contributed by atoms with Crippen LogP contribution in [0, 0.1) is 0 Å². The zero-order valence-corrected chi connectivity index (χ0v) is 12.9. The first-order valence-corrected chi connectivity index (χ1v) is 7.37. The molecule has 0 aliphatic rings. The molecular weight excluding hydrogens is 294 g/mol. The van der Waals surface area contributed by atoms with Gasteiger partial charge in [0, 0.05) is 18.8 Å². The minimum Gasteiger partial charge on any atom is -0.477 e. The summed E-state index contributed by atoms with van der Waals surface area (Å²) in [6, 6.07) is 11.5. The van der Waals surface area contributed by atoms with Crippen LogP contribution in [0.15, 0.2) is 47.4 Å². The van der Waals surface area contributed by atoms with Crippen LogP contribution in [0.4, 0.5) is 0 Å². The van der Waals surface area contributed by atoms with Crippen LogP contribution < -0.4 is 5.56 Å². The third-order valence-corrected chi connectivity index (χ3v) is 3.73. The molecule has 0 aliphatic heterocycles. The molecule has 3 aromatic rings. The lowest BCUT2D eigenvalue weighted by atomic mass is 10.1. The number of benzene rings is 1. The Balaban J connectivity index is 2.24. The average molecular weight is 311 g/mol. The molecule has 0 amide bonds. The van der Waals surface area contributed by atoms with E-state index in [9.17, 15) is 14.7 Å². The molecule has 6 heteroatoms. The van der Waals surface area contributed by atoms with E-state index < -0.39 is 11.5 Å². The van der Waals surface area contributed by atoms with Crippen molar-refractivity contribution in [3.63, 3.8) is 0 Å². The van der Waals surface area contributed by atoms with Gasteiger partial charge in [-0.15, -0.1) is 0 Å². The van der Waals surface area contributed by atoms with Crippen LogP contribution >= 0.6 is 0 Å². The summed E-state index contributed by atoms with van der Waals surface area (Å²) >= 11 is 0. The highest BCUT2D eigenvalue weighted by Gasteiger charge is 2.17. The SMILES string of the molecule is CC(C)c1cc2n(Cc3ccccc3)cc(C(=O)O)c(=O)n2n1. The lowest BCUT2D eigenvalue weighted by molar-refractivity contribution is 0.0693. The van der Waals surface area contributed by atoms with E-state index in [-0.39, 0.29) is 11.5 Å². The number of aromatic carboxylic acids is 1. The number of rotatable bonds is 4. The van der Waals surface area contributed by atoms with Crippen molar-refractivity contribution in [2.75, 3.05) is 0 Å². The van der Waals surface area contributed by atoms with E-state index >= 15 is 0 Å². The highest BCUT2D eigenvalue weighted by molar-refractivity contribution is 5.87. The molecule has 0 aliphatic carbocycles. The van der Waals surface area contributed by atoms with Crippen molar-refractivity contribution in [2.24, 2.45) is 0 Å².